The number of carbonyl (C=O) groups is 2. The first-order chi connectivity index (χ1) is 31.7. The second-order valence-electron chi connectivity index (χ2n) is 16.9. The molecule has 3 aliphatic rings. The van der Waals surface area contributed by atoms with Gasteiger partial charge in [-0.1, -0.05) is 67.4 Å². The monoisotopic (exact) mass is 888 g/mol. The lowest BCUT2D eigenvalue weighted by atomic mass is 9.55. The van der Waals surface area contributed by atoms with Crippen molar-refractivity contribution in [2.45, 2.75) is 89.6 Å². The molecule has 3 N–H and O–H groups in total. The molecule has 6 atom stereocenters. The fourth-order valence-electron chi connectivity index (χ4n) is 10.0. The minimum Gasteiger partial charge on any atom is -0.459 e. The Bertz CT molecular complexity index is 2380. The molecule has 7 rings (SSSR count). The number of hydrogen-bond donors (Lipinski definition) is 3. The number of aliphatic hydroxyl groups excluding tert-OH is 2. The number of nitrogens with one attached hydrogen (secondary N) is 1. The van der Waals surface area contributed by atoms with Crippen LogP contribution in [0.25, 0.3) is 10.8 Å². The maximum Gasteiger partial charge on any atom is 0.412 e. The van der Waals surface area contributed by atoms with Crippen LogP contribution in [0.5, 0.6) is 11.5 Å². The van der Waals surface area contributed by atoms with Gasteiger partial charge >= 0.3 is 6.09 Å². The van der Waals surface area contributed by atoms with E-state index in [1.807, 2.05) is 73.3 Å². The number of carbonyl (C=O) groups excluding carboxylic acids is 2. The zero-order valence-corrected chi connectivity index (χ0v) is 37.2. The molecule has 4 aromatic rings. The van der Waals surface area contributed by atoms with Crippen molar-refractivity contribution < 1.29 is 43.8 Å². The van der Waals surface area contributed by atoms with Crippen molar-refractivity contribution >= 4 is 34.2 Å². The van der Waals surface area contributed by atoms with Gasteiger partial charge in [0, 0.05) is 61.9 Å². The Balaban J connectivity index is 1.44. The Morgan fingerprint density at radius 3 is 2.45 bits per heavy atom. The normalized spacial score (nSPS) is 22.5. The van der Waals surface area contributed by atoms with Gasteiger partial charge in [0.1, 0.15) is 24.1 Å². The number of amides is 2. The van der Waals surface area contributed by atoms with Crippen molar-refractivity contribution in [1.82, 2.24) is 10.2 Å². The van der Waals surface area contributed by atoms with Crippen LogP contribution in [-0.2, 0) is 16.2 Å². The summed E-state index contributed by atoms with van der Waals surface area (Å²) in [5.41, 5.74) is 3.44. The van der Waals surface area contributed by atoms with E-state index in [1.54, 1.807) is 24.3 Å². The fourth-order valence-corrected chi connectivity index (χ4v) is 10.0. The van der Waals surface area contributed by atoms with Gasteiger partial charge in [-0.05, 0) is 115 Å². The van der Waals surface area contributed by atoms with Gasteiger partial charge in [0.25, 0.3) is 11.6 Å². The maximum absolute atomic E-state index is 15.2. The molecule has 0 bridgehead atoms. The highest BCUT2D eigenvalue weighted by Gasteiger charge is 2.65. The molecule has 65 heavy (non-hydrogen) atoms. The van der Waals surface area contributed by atoms with E-state index in [4.69, 9.17) is 24.2 Å². The predicted molar refractivity (Wildman–Crippen MR) is 248 cm³/mol. The largest absolute Gasteiger partial charge is 0.459 e. The average molecular weight is 889 g/mol. The highest BCUT2D eigenvalue weighted by molar-refractivity contribution is 6.04. The lowest BCUT2D eigenvalue weighted by Gasteiger charge is -2.60. The third-order valence-corrected chi connectivity index (χ3v) is 12.8. The Labute approximate surface area is 380 Å². The molecule has 1 aliphatic heterocycles. The van der Waals surface area contributed by atoms with Crippen molar-refractivity contribution in [2.75, 3.05) is 32.9 Å². The van der Waals surface area contributed by atoms with Crippen molar-refractivity contribution in [3.63, 3.8) is 0 Å². The molecule has 0 aromatic heterocycles. The van der Waals surface area contributed by atoms with Gasteiger partial charge in [0.15, 0.2) is 0 Å². The SMILES string of the molecule is C=CCOC12Oc3ccc(OC(=O)NCC)cc3C3C(CCCCO)C(CCCCO)C=C(C(=NOCc4ccc([N+](=O)[O-])cc4)CC1N(CCC)C(=O)c1ccc4ccccc4c1)C32. The number of oxime groups is 1. The van der Waals surface area contributed by atoms with E-state index >= 15 is 4.79 Å². The molecule has 0 saturated heterocycles. The zero-order valence-electron chi connectivity index (χ0n) is 37.2. The number of nitro benzene ring substituents is 1. The first kappa shape index (κ1) is 46.9. The molecular weight excluding hydrogens is 829 g/mol. The van der Waals surface area contributed by atoms with E-state index in [2.05, 4.69) is 18.0 Å². The van der Waals surface area contributed by atoms with Crippen molar-refractivity contribution in [1.29, 1.82) is 0 Å². The number of nitro groups is 1. The van der Waals surface area contributed by atoms with E-state index in [0.29, 0.717) is 60.7 Å². The lowest BCUT2D eigenvalue weighted by molar-refractivity contribution is -0.384. The van der Waals surface area contributed by atoms with Gasteiger partial charge in [0.2, 0.25) is 5.79 Å². The Kier molecular flexibility index (Phi) is 15.7. The smallest absolute Gasteiger partial charge is 0.412 e. The zero-order chi connectivity index (χ0) is 45.9. The molecule has 1 saturated carbocycles. The molecule has 14 heteroatoms. The van der Waals surface area contributed by atoms with Crippen LogP contribution in [0.15, 0.2) is 114 Å². The number of rotatable bonds is 21. The van der Waals surface area contributed by atoms with Gasteiger partial charge in [-0.25, -0.2) is 4.79 Å². The molecule has 2 aliphatic carbocycles. The number of unbranched alkanes of at least 4 members (excludes halogenated alkanes) is 2. The minimum absolute atomic E-state index is 0.0186. The van der Waals surface area contributed by atoms with Crippen LogP contribution in [0.4, 0.5) is 10.5 Å². The van der Waals surface area contributed by atoms with Gasteiger partial charge in [0.05, 0.1) is 23.2 Å². The molecule has 1 heterocycles. The van der Waals surface area contributed by atoms with Gasteiger partial charge in [-0.2, -0.15) is 0 Å². The topological polar surface area (TPSA) is 182 Å². The summed E-state index contributed by atoms with van der Waals surface area (Å²) >= 11 is 0. The number of aliphatic hydroxyl groups is 2. The number of ether oxygens (including phenoxy) is 3. The fraction of sp³-hybridized carbons (Fsp3) is 0.431. The number of fused-ring (bicyclic) bond motifs is 3. The molecule has 1 fully saturated rings. The third kappa shape index (κ3) is 10.2. The average Bonchev–Trinajstić information content (AvgIpc) is 3.31. The lowest BCUT2D eigenvalue weighted by Crippen LogP contribution is -2.70. The highest BCUT2D eigenvalue weighted by Crippen LogP contribution is 2.62. The highest BCUT2D eigenvalue weighted by atomic mass is 16.7. The van der Waals surface area contributed by atoms with E-state index in [1.165, 1.54) is 12.1 Å². The summed E-state index contributed by atoms with van der Waals surface area (Å²) < 4.78 is 20.3. The molecule has 14 nitrogen and oxygen atoms in total. The molecular formula is C51H60N4O10. The molecule has 344 valence electrons. The molecule has 4 aromatic carbocycles. The second-order valence-corrected chi connectivity index (χ2v) is 16.9. The van der Waals surface area contributed by atoms with E-state index in [0.717, 1.165) is 47.6 Å². The summed E-state index contributed by atoms with van der Waals surface area (Å²) in [6.45, 7) is 8.86. The molecule has 6 unspecified atom stereocenters. The Hall–Kier alpha value is -6.09. The summed E-state index contributed by atoms with van der Waals surface area (Å²) in [7, 11) is 0. The Morgan fingerprint density at radius 2 is 1.74 bits per heavy atom. The molecule has 0 spiro atoms. The third-order valence-electron chi connectivity index (χ3n) is 12.8. The summed E-state index contributed by atoms with van der Waals surface area (Å²) in [4.78, 5) is 47.0. The standard InChI is InChI=1S/C51H60N4O10/c1-4-25-54(49(58)38-20-19-35-13-7-8-14-36(35)29-38)46-32-44(53-63-33-34-17-21-39(22-18-34)55(60)61)42-30-37(15-9-11-26-56)41(16-10-12-27-57)47-43-31-40(64-50(59)52-6-3)23-24-45(43)65-51(46,48(42)47)62-28-5-2/h5,7-8,13-14,17-24,29-31,37,41,46-48,56-57H,2,4,6,9-12,15-16,25-28,32-33H2,1,3H3,(H,52,59). The van der Waals surface area contributed by atoms with Crippen molar-refractivity contribution in [2.24, 2.45) is 22.9 Å². The summed E-state index contributed by atoms with van der Waals surface area (Å²) in [6, 6.07) is 24.4. The summed E-state index contributed by atoms with van der Waals surface area (Å²) in [6.07, 6.45) is 8.39. The van der Waals surface area contributed by atoms with Crippen molar-refractivity contribution in [3.05, 3.63) is 136 Å². The van der Waals surface area contributed by atoms with E-state index < -0.39 is 28.8 Å². The summed E-state index contributed by atoms with van der Waals surface area (Å²) in [5.74, 6) is -1.77. The van der Waals surface area contributed by atoms with Crippen molar-refractivity contribution in [3.8, 4) is 11.5 Å². The van der Waals surface area contributed by atoms with Crippen LogP contribution in [0.3, 0.4) is 0 Å². The minimum atomic E-state index is -1.48. The van der Waals surface area contributed by atoms with E-state index in [-0.39, 0.29) is 62.2 Å². The first-order valence-electron chi connectivity index (χ1n) is 22.8. The molecule has 0 radical (unpaired) electrons. The quantitative estimate of drug-likeness (QED) is 0.0316. The number of benzene rings is 4. The van der Waals surface area contributed by atoms with Gasteiger partial charge < -0.3 is 39.5 Å². The van der Waals surface area contributed by atoms with Crippen LogP contribution in [-0.4, -0.2) is 82.5 Å². The van der Waals surface area contributed by atoms with E-state index in [9.17, 15) is 25.1 Å². The van der Waals surface area contributed by atoms with Crippen LogP contribution in [0.2, 0.25) is 0 Å². The Morgan fingerprint density at radius 1 is 0.985 bits per heavy atom. The van der Waals surface area contributed by atoms with Crippen LogP contribution < -0.4 is 14.8 Å². The number of nitrogens with zero attached hydrogens (tertiary/aromatic N) is 3. The molecule has 2 amide bonds. The number of non-ortho nitro benzene ring substituents is 1. The predicted octanol–water partition coefficient (Wildman–Crippen LogP) is 9.24. The van der Waals surface area contributed by atoms with Crippen LogP contribution in [0.1, 0.15) is 92.6 Å². The van der Waals surface area contributed by atoms with Crippen LogP contribution >= 0.6 is 0 Å². The van der Waals surface area contributed by atoms with Gasteiger partial charge in [-0.3, -0.25) is 14.9 Å². The summed E-state index contributed by atoms with van der Waals surface area (Å²) in [5, 5.41) is 40.8. The van der Waals surface area contributed by atoms with Crippen LogP contribution in [0, 0.1) is 27.9 Å². The number of hydrogen-bond acceptors (Lipinski definition) is 11. The first-order valence-corrected chi connectivity index (χ1v) is 22.8. The van der Waals surface area contributed by atoms with Gasteiger partial charge in [-0.15, -0.1) is 6.58 Å². The maximum atomic E-state index is 15.2. The second kappa shape index (κ2) is 21.7. The number of allylic oxidation sites excluding steroid dienone is 1.